The molecule has 6 heteroatoms. The van der Waals surface area contributed by atoms with E-state index in [0.717, 1.165) is 5.56 Å². The average Bonchev–Trinajstić information content (AvgIpc) is 2.51. The van der Waals surface area contributed by atoms with Crippen LogP contribution >= 0.6 is 0 Å². The maximum atomic E-state index is 12.2. The number of hydrogen-bond donors (Lipinski definition) is 0. The Bertz CT molecular complexity index is 576. The molecule has 1 saturated heterocycles. The van der Waals surface area contributed by atoms with E-state index in [0.29, 0.717) is 24.4 Å². The number of aryl methyl sites for hydroxylation is 1. The van der Waals surface area contributed by atoms with Crippen molar-refractivity contribution in [1.82, 2.24) is 4.90 Å². The van der Waals surface area contributed by atoms with E-state index in [1.807, 2.05) is 26.8 Å². The van der Waals surface area contributed by atoms with Crippen molar-refractivity contribution in [2.75, 3.05) is 26.8 Å². The fourth-order valence-electron chi connectivity index (χ4n) is 2.66. The maximum Gasteiger partial charge on any atom is 0.342 e. The van der Waals surface area contributed by atoms with Crippen LogP contribution in [-0.2, 0) is 14.3 Å². The van der Waals surface area contributed by atoms with Crippen molar-refractivity contribution >= 4 is 11.9 Å². The van der Waals surface area contributed by atoms with E-state index in [1.165, 1.54) is 7.11 Å². The number of esters is 1. The lowest BCUT2D eigenvalue weighted by Gasteiger charge is -2.35. The van der Waals surface area contributed by atoms with Gasteiger partial charge in [-0.3, -0.25) is 4.79 Å². The molecule has 0 aromatic heterocycles. The fraction of sp³-hybridized carbons (Fsp3) is 0.529. The minimum Gasteiger partial charge on any atom is -0.496 e. The molecule has 1 heterocycles. The first-order chi connectivity index (χ1) is 10.9. The summed E-state index contributed by atoms with van der Waals surface area (Å²) >= 11 is 0. The smallest absolute Gasteiger partial charge is 0.342 e. The number of nitrogens with zero attached hydrogens (tertiary/aromatic N) is 1. The fourth-order valence-corrected chi connectivity index (χ4v) is 2.66. The zero-order valence-corrected chi connectivity index (χ0v) is 14.0. The Morgan fingerprint density at radius 2 is 1.91 bits per heavy atom. The molecular weight excluding hydrogens is 298 g/mol. The summed E-state index contributed by atoms with van der Waals surface area (Å²) in [6.45, 7) is 6.44. The van der Waals surface area contributed by atoms with Crippen LogP contribution in [-0.4, -0.2) is 55.8 Å². The van der Waals surface area contributed by atoms with Gasteiger partial charge in [-0.15, -0.1) is 0 Å². The lowest BCUT2D eigenvalue weighted by molar-refractivity contribution is -0.146. The van der Waals surface area contributed by atoms with Gasteiger partial charge < -0.3 is 19.1 Å². The van der Waals surface area contributed by atoms with Gasteiger partial charge in [0.2, 0.25) is 0 Å². The van der Waals surface area contributed by atoms with Gasteiger partial charge in [-0.2, -0.15) is 0 Å². The van der Waals surface area contributed by atoms with Gasteiger partial charge in [0.15, 0.2) is 6.61 Å². The van der Waals surface area contributed by atoms with Crippen LogP contribution in [0.25, 0.3) is 0 Å². The predicted molar refractivity (Wildman–Crippen MR) is 84.6 cm³/mol. The molecule has 1 aliphatic rings. The first-order valence-electron chi connectivity index (χ1n) is 7.65. The molecule has 1 fully saturated rings. The van der Waals surface area contributed by atoms with Crippen molar-refractivity contribution in [3.8, 4) is 5.75 Å². The second kappa shape index (κ2) is 7.46. The Morgan fingerprint density at radius 1 is 1.26 bits per heavy atom. The van der Waals surface area contributed by atoms with Crippen LogP contribution in [0.1, 0.15) is 29.8 Å². The lowest BCUT2D eigenvalue weighted by Crippen LogP contribution is -2.49. The summed E-state index contributed by atoms with van der Waals surface area (Å²) in [7, 11) is 1.49. The summed E-state index contributed by atoms with van der Waals surface area (Å²) < 4.78 is 15.9. The highest BCUT2D eigenvalue weighted by Crippen LogP contribution is 2.20. The Balaban J connectivity index is 1.96. The van der Waals surface area contributed by atoms with Crippen LogP contribution < -0.4 is 4.74 Å². The number of ether oxygens (including phenoxy) is 3. The van der Waals surface area contributed by atoms with Crippen molar-refractivity contribution < 1.29 is 23.8 Å². The van der Waals surface area contributed by atoms with Gasteiger partial charge in [0, 0.05) is 13.1 Å². The molecule has 23 heavy (non-hydrogen) atoms. The predicted octanol–water partition coefficient (Wildman–Crippen LogP) is 1.80. The highest BCUT2D eigenvalue weighted by molar-refractivity contribution is 5.94. The summed E-state index contributed by atoms with van der Waals surface area (Å²) in [5, 5.41) is 0. The molecule has 6 nitrogen and oxygen atoms in total. The molecule has 2 atom stereocenters. The molecule has 1 amide bonds. The molecule has 1 aromatic carbocycles. The first kappa shape index (κ1) is 17.3. The lowest BCUT2D eigenvalue weighted by atomic mass is 10.1. The van der Waals surface area contributed by atoms with Crippen LogP contribution in [0.15, 0.2) is 18.2 Å². The Hall–Kier alpha value is -2.08. The second-order valence-corrected chi connectivity index (χ2v) is 5.84. The quantitative estimate of drug-likeness (QED) is 0.791. The van der Waals surface area contributed by atoms with Gasteiger partial charge >= 0.3 is 5.97 Å². The molecule has 0 saturated carbocycles. The number of carbonyl (C=O) groups excluding carboxylic acids is 2. The van der Waals surface area contributed by atoms with Gasteiger partial charge in [-0.25, -0.2) is 4.79 Å². The molecular formula is C17H23NO5. The zero-order valence-electron chi connectivity index (χ0n) is 14.0. The second-order valence-electron chi connectivity index (χ2n) is 5.84. The largest absolute Gasteiger partial charge is 0.496 e. The monoisotopic (exact) mass is 321 g/mol. The summed E-state index contributed by atoms with van der Waals surface area (Å²) in [6, 6.07) is 5.24. The third-order valence-corrected chi connectivity index (χ3v) is 3.67. The Labute approximate surface area is 136 Å². The average molecular weight is 321 g/mol. The summed E-state index contributed by atoms with van der Waals surface area (Å²) in [4.78, 5) is 26.1. The van der Waals surface area contributed by atoms with E-state index in [2.05, 4.69) is 0 Å². The SMILES string of the molecule is COc1ccc(C)cc1C(=O)OCC(=O)N1C[C@@H](C)O[C@@H](C)C1. The Kier molecular flexibility index (Phi) is 5.60. The van der Waals surface area contributed by atoms with Crippen molar-refractivity contribution in [3.05, 3.63) is 29.3 Å². The molecule has 1 aliphatic heterocycles. The van der Waals surface area contributed by atoms with Crippen LogP contribution in [0.5, 0.6) is 5.75 Å². The summed E-state index contributed by atoms with van der Waals surface area (Å²) in [6.07, 6.45) is -0.0365. The standard InChI is InChI=1S/C17H23NO5/c1-11-5-6-15(21-4)14(7-11)17(20)22-10-16(19)18-8-12(2)23-13(3)9-18/h5-7,12-13H,8-10H2,1-4H3/t12-,13+. The highest BCUT2D eigenvalue weighted by atomic mass is 16.5. The van der Waals surface area contributed by atoms with Crippen LogP contribution in [0, 0.1) is 6.92 Å². The number of morpholine rings is 1. The molecule has 2 rings (SSSR count). The Morgan fingerprint density at radius 3 is 2.52 bits per heavy atom. The highest BCUT2D eigenvalue weighted by Gasteiger charge is 2.26. The summed E-state index contributed by atoms with van der Waals surface area (Å²) in [5.41, 5.74) is 1.24. The molecule has 0 unspecified atom stereocenters. The van der Waals surface area contributed by atoms with E-state index in [1.54, 1.807) is 17.0 Å². The topological polar surface area (TPSA) is 65.1 Å². The van der Waals surface area contributed by atoms with Crippen LogP contribution in [0.4, 0.5) is 0 Å². The van der Waals surface area contributed by atoms with Crippen molar-refractivity contribution in [2.45, 2.75) is 33.0 Å². The van der Waals surface area contributed by atoms with Gasteiger partial charge in [-0.1, -0.05) is 11.6 Å². The number of rotatable bonds is 4. The van der Waals surface area contributed by atoms with Crippen molar-refractivity contribution in [1.29, 1.82) is 0 Å². The van der Waals surface area contributed by atoms with Crippen LogP contribution in [0.2, 0.25) is 0 Å². The maximum absolute atomic E-state index is 12.2. The molecule has 0 aliphatic carbocycles. The van der Waals surface area contributed by atoms with E-state index >= 15 is 0 Å². The van der Waals surface area contributed by atoms with E-state index < -0.39 is 5.97 Å². The third-order valence-electron chi connectivity index (χ3n) is 3.67. The molecule has 0 N–H and O–H groups in total. The molecule has 1 aromatic rings. The molecule has 0 bridgehead atoms. The van der Waals surface area contributed by atoms with Crippen molar-refractivity contribution in [2.24, 2.45) is 0 Å². The van der Waals surface area contributed by atoms with Crippen molar-refractivity contribution in [3.63, 3.8) is 0 Å². The number of amides is 1. The van der Waals surface area contributed by atoms with Gasteiger partial charge in [0.05, 0.1) is 19.3 Å². The number of carbonyl (C=O) groups is 2. The van der Waals surface area contributed by atoms with Crippen LogP contribution in [0.3, 0.4) is 0 Å². The molecule has 126 valence electrons. The number of hydrogen-bond acceptors (Lipinski definition) is 5. The van der Waals surface area contributed by atoms with Gasteiger partial charge in [-0.05, 0) is 32.9 Å². The van der Waals surface area contributed by atoms with Gasteiger partial charge in [0.25, 0.3) is 5.91 Å². The van der Waals surface area contributed by atoms with E-state index in [4.69, 9.17) is 14.2 Å². The number of methoxy groups -OCH3 is 1. The van der Waals surface area contributed by atoms with Gasteiger partial charge in [0.1, 0.15) is 11.3 Å². The minimum absolute atomic E-state index is 0.0183. The molecule has 0 spiro atoms. The van der Waals surface area contributed by atoms with E-state index in [-0.39, 0.29) is 24.7 Å². The number of benzene rings is 1. The minimum atomic E-state index is -0.562. The normalized spacial score (nSPS) is 21.0. The zero-order chi connectivity index (χ0) is 17.0. The summed E-state index contributed by atoms with van der Waals surface area (Å²) in [5.74, 6) is -0.345. The third kappa shape index (κ3) is 4.45. The first-order valence-corrected chi connectivity index (χ1v) is 7.65. The van der Waals surface area contributed by atoms with E-state index in [9.17, 15) is 9.59 Å². The molecule has 0 radical (unpaired) electrons.